The summed E-state index contributed by atoms with van der Waals surface area (Å²) < 4.78 is 32.0. The minimum Gasteiger partial charge on any atom is -0.422 e. The third-order valence-electron chi connectivity index (χ3n) is 4.43. The first kappa shape index (κ1) is 17.2. The third kappa shape index (κ3) is 2.96. The molecule has 0 spiro atoms. The second-order valence-electron chi connectivity index (χ2n) is 6.27. The molecular weight excluding hydrogens is 360 g/mol. The maximum absolute atomic E-state index is 13.3. The van der Waals surface area contributed by atoms with Crippen molar-refractivity contribution in [1.29, 1.82) is 0 Å². The van der Waals surface area contributed by atoms with Crippen molar-refractivity contribution < 1.29 is 12.8 Å². The summed E-state index contributed by atoms with van der Waals surface area (Å²) in [5, 5.41) is 0.578. The van der Waals surface area contributed by atoms with Crippen LogP contribution in [-0.4, -0.2) is 8.42 Å². The van der Waals surface area contributed by atoms with Crippen molar-refractivity contribution in [3.8, 4) is 11.1 Å². The van der Waals surface area contributed by atoms with Crippen molar-refractivity contribution in [3.05, 3.63) is 94.8 Å². The van der Waals surface area contributed by atoms with E-state index >= 15 is 0 Å². The lowest BCUT2D eigenvalue weighted by Gasteiger charge is -2.12. The van der Waals surface area contributed by atoms with E-state index in [9.17, 15) is 13.2 Å². The Labute approximate surface area is 156 Å². The van der Waals surface area contributed by atoms with Crippen LogP contribution in [0.1, 0.15) is 5.56 Å². The molecule has 5 heteroatoms. The molecule has 134 valence electrons. The average molecular weight is 376 g/mol. The van der Waals surface area contributed by atoms with Crippen LogP contribution in [0.3, 0.4) is 0 Å². The maximum Gasteiger partial charge on any atom is 0.356 e. The molecule has 0 bridgehead atoms. The highest BCUT2D eigenvalue weighted by Gasteiger charge is 2.29. The summed E-state index contributed by atoms with van der Waals surface area (Å²) in [7, 11) is -4.06. The molecule has 4 nitrogen and oxygen atoms in total. The molecule has 0 saturated carbocycles. The molecule has 27 heavy (non-hydrogen) atoms. The lowest BCUT2D eigenvalue weighted by Crippen LogP contribution is -2.16. The van der Waals surface area contributed by atoms with Crippen molar-refractivity contribution >= 4 is 20.8 Å². The summed E-state index contributed by atoms with van der Waals surface area (Å²) in [5.41, 5.74) is 1.43. The molecule has 0 radical (unpaired) electrons. The second kappa shape index (κ2) is 6.52. The van der Waals surface area contributed by atoms with Gasteiger partial charge in [0.15, 0.2) is 4.90 Å². The van der Waals surface area contributed by atoms with Crippen molar-refractivity contribution in [2.75, 3.05) is 0 Å². The standard InChI is InChI=1S/C22H16O4S/c1-15-11-13-17(14-12-15)27(24,25)21-20(16-7-3-2-4-8-16)18-9-5-6-10-19(18)26-22(21)23/h2-14H,1H3. The Morgan fingerprint density at radius 2 is 1.41 bits per heavy atom. The maximum atomic E-state index is 13.3. The number of hydrogen-bond acceptors (Lipinski definition) is 4. The molecule has 4 rings (SSSR count). The summed E-state index contributed by atoms with van der Waals surface area (Å²) in [6, 6.07) is 22.4. The summed E-state index contributed by atoms with van der Waals surface area (Å²) in [6.45, 7) is 1.87. The van der Waals surface area contributed by atoms with Crippen LogP contribution in [0.4, 0.5) is 0 Å². The minimum absolute atomic E-state index is 0.0628. The molecule has 0 saturated heterocycles. The quantitative estimate of drug-likeness (QED) is 0.490. The van der Waals surface area contributed by atoms with E-state index in [-0.39, 0.29) is 9.79 Å². The molecule has 0 aliphatic heterocycles. The van der Waals surface area contributed by atoms with Gasteiger partial charge in [-0.3, -0.25) is 0 Å². The fraction of sp³-hybridized carbons (Fsp3) is 0.0455. The van der Waals surface area contributed by atoms with Crippen LogP contribution < -0.4 is 5.63 Å². The van der Waals surface area contributed by atoms with Gasteiger partial charge in [0.05, 0.1) is 4.90 Å². The second-order valence-corrected chi connectivity index (χ2v) is 8.16. The summed E-state index contributed by atoms with van der Waals surface area (Å²) in [5.74, 6) is 0. The zero-order valence-corrected chi connectivity index (χ0v) is 15.4. The lowest BCUT2D eigenvalue weighted by atomic mass is 10.0. The van der Waals surface area contributed by atoms with Gasteiger partial charge < -0.3 is 4.42 Å². The summed E-state index contributed by atoms with van der Waals surface area (Å²) >= 11 is 0. The first-order valence-electron chi connectivity index (χ1n) is 8.41. The number of hydrogen-bond donors (Lipinski definition) is 0. The van der Waals surface area contributed by atoms with Gasteiger partial charge in [-0.2, -0.15) is 0 Å². The molecule has 3 aromatic carbocycles. The molecule has 0 aliphatic carbocycles. The number of para-hydroxylation sites is 1. The fourth-order valence-corrected chi connectivity index (χ4v) is 4.59. The van der Waals surface area contributed by atoms with E-state index in [1.54, 1.807) is 60.7 Å². The molecular formula is C22H16O4S. The van der Waals surface area contributed by atoms with Crippen LogP contribution in [0.5, 0.6) is 0 Å². The van der Waals surface area contributed by atoms with Crippen LogP contribution in [0.2, 0.25) is 0 Å². The van der Waals surface area contributed by atoms with E-state index in [4.69, 9.17) is 4.42 Å². The molecule has 0 unspecified atom stereocenters. The Bertz CT molecular complexity index is 1290. The van der Waals surface area contributed by atoms with Gasteiger partial charge in [0.25, 0.3) is 0 Å². The van der Waals surface area contributed by atoms with Gasteiger partial charge in [-0.05, 0) is 30.7 Å². The van der Waals surface area contributed by atoms with Gasteiger partial charge in [0, 0.05) is 10.9 Å². The normalized spacial score (nSPS) is 11.6. The highest BCUT2D eigenvalue weighted by Crippen LogP contribution is 2.35. The van der Waals surface area contributed by atoms with E-state index in [1.807, 2.05) is 13.0 Å². The highest BCUT2D eigenvalue weighted by atomic mass is 32.2. The van der Waals surface area contributed by atoms with Crippen LogP contribution >= 0.6 is 0 Å². The van der Waals surface area contributed by atoms with Gasteiger partial charge in [0.1, 0.15) is 5.58 Å². The van der Waals surface area contributed by atoms with E-state index in [0.717, 1.165) is 5.56 Å². The molecule has 0 aliphatic rings. The molecule has 1 heterocycles. The summed E-state index contributed by atoms with van der Waals surface area (Å²) in [6.07, 6.45) is 0. The Balaban J connectivity index is 2.14. The van der Waals surface area contributed by atoms with Crippen molar-refractivity contribution in [1.82, 2.24) is 0 Å². The van der Waals surface area contributed by atoms with Gasteiger partial charge in [-0.25, -0.2) is 13.2 Å². The Morgan fingerprint density at radius 3 is 2.11 bits per heavy atom. The summed E-state index contributed by atoms with van der Waals surface area (Å²) in [4.78, 5) is 12.5. The molecule has 0 amide bonds. The van der Waals surface area contributed by atoms with Gasteiger partial charge >= 0.3 is 5.63 Å². The molecule has 0 fully saturated rings. The fourth-order valence-electron chi connectivity index (χ4n) is 3.10. The van der Waals surface area contributed by atoms with Gasteiger partial charge in [-0.15, -0.1) is 0 Å². The predicted octanol–water partition coefficient (Wildman–Crippen LogP) is 4.60. The minimum atomic E-state index is -4.06. The van der Waals surface area contributed by atoms with Crippen molar-refractivity contribution in [2.24, 2.45) is 0 Å². The number of rotatable bonds is 3. The lowest BCUT2D eigenvalue weighted by molar-refractivity contribution is 0.533. The first-order chi connectivity index (χ1) is 13.0. The zero-order chi connectivity index (χ0) is 19.0. The van der Waals surface area contributed by atoms with Crippen LogP contribution in [0.15, 0.2) is 97.9 Å². The Hall–Kier alpha value is -3.18. The van der Waals surface area contributed by atoms with Crippen molar-refractivity contribution in [3.63, 3.8) is 0 Å². The molecule has 0 N–H and O–H groups in total. The highest BCUT2D eigenvalue weighted by molar-refractivity contribution is 7.91. The number of benzene rings is 3. The average Bonchev–Trinajstić information content (AvgIpc) is 2.67. The SMILES string of the molecule is Cc1ccc(S(=O)(=O)c2c(-c3ccccc3)c3ccccc3oc2=O)cc1. The topological polar surface area (TPSA) is 64.3 Å². The Kier molecular flexibility index (Phi) is 4.16. The van der Waals surface area contributed by atoms with Gasteiger partial charge in [-0.1, -0.05) is 66.2 Å². The van der Waals surface area contributed by atoms with E-state index in [2.05, 4.69) is 0 Å². The number of aryl methyl sites for hydroxylation is 1. The predicted molar refractivity (Wildman–Crippen MR) is 105 cm³/mol. The molecule has 0 atom stereocenters. The zero-order valence-electron chi connectivity index (χ0n) is 14.5. The van der Waals surface area contributed by atoms with Crippen LogP contribution in [0.25, 0.3) is 22.1 Å². The number of sulfone groups is 1. The number of fused-ring (bicyclic) bond motifs is 1. The third-order valence-corrected chi connectivity index (χ3v) is 6.24. The van der Waals surface area contributed by atoms with Gasteiger partial charge in [0.2, 0.25) is 9.84 Å². The molecule has 4 aromatic rings. The van der Waals surface area contributed by atoms with E-state index in [1.165, 1.54) is 12.1 Å². The van der Waals surface area contributed by atoms with Crippen molar-refractivity contribution in [2.45, 2.75) is 16.7 Å². The Morgan fingerprint density at radius 1 is 0.778 bits per heavy atom. The monoisotopic (exact) mass is 376 g/mol. The van der Waals surface area contributed by atoms with Crippen LogP contribution in [-0.2, 0) is 9.84 Å². The first-order valence-corrected chi connectivity index (χ1v) is 9.90. The van der Waals surface area contributed by atoms with E-state index < -0.39 is 15.5 Å². The smallest absolute Gasteiger partial charge is 0.356 e. The van der Waals surface area contributed by atoms with E-state index in [0.29, 0.717) is 22.1 Å². The largest absolute Gasteiger partial charge is 0.422 e. The molecule has 1 aromatic heterocycles. The van der Waals surface area contributed by atoms with Crippen LogP contribution in [0, 0.1) is 6.92 Å².